The molecule has 0 saturated heterocycles. The first kappa shape index (κ1) is 18.9. The van der Waals surface area contributed by atoms with E-state index in [1.807, 2.05) is 37.4 Å². The molecule has 1 heterocycles. The SMILES string of the molecule is CSc1nc(NCCc2ccc(F)cc2)c(C#N)c(-c2ccc(C)cc2)n1. The minimum Gasteiger partial charge on any atom is -0.368 e. The Morgan fingerprint density at radius 1 is 1.07 bits per heavy atom. The smallest absolute Gasteiger partial charge is 0.189 e. The minimum atomic E-state index is -0.248. The van der Waals surface area contributed by atoms with Crippen LogP contribution < -0.4 is 5.32 Å². The Kier molecular flexibility index (Phi) is 6.05. The van der Waals surface area contributed by atoms with E-state index >= 15 is 0 Å². The summed E-state index contributed by atoms with van der Waals surface area (Å²) in [7, 11) is 0. The van der Waals surface area contributed by atoms with Crippen LogP contribution in [0.3, 0.4) is 0 Å². The van der Waals surface area contributed by atoms with Crippen molar-refractivity contribution >= 4 is 17.6 Å². The molecule has 0 aliphatic rings. The summed E-state index contributed by atoms with van der Waals surface area (Å²) in [5.41, 5.74) is 4.10. The molecular formula is C21H19FN4S. The van der Waals surface area contributed by atoms with Gasteiger partial charge in [0, 0.05) is 12.1 Å². The highest BCUT2D eigenvalue weighted by atomic mass is 32.2. The van der Waals surface area contributed by atoms with Crippen molar-refractivity contribution in [3.05, 3.63) is 71.0 Å². The quantitative estimate of drug-likeness (QED) is 0.491. The number of nitriles is 1. The number of aromatic nitrogens is 2. The molecule has 2 aromatic carbocycles. The van der Waals surface area contributed by atoms with Crippen molar-refractivity contribution in [3.63, 3.8) is 0 Å². The third kappa shape index (κ3) is 4.63. The highest BCUT2D eigenvalue weighted by molar-refractivity contribution is 7.98. The van der Waals surface area contributed by atoms with Crippen molar-refractivity contribution in [1.82, 2.24) is 9.97 Å². The third-order valence-electron chi connectivity index (χ3n) is 4.13. The average molecular weight is 378 g/mol. The highest BCUT2D eigenvalue weighted by Gasteiger charge is 2.15. The van der Waals surface area contributed by atoms with Gasteiger partial charge in [-0.25, -0.2) is 14.4 Å². The topological polar surface area (TPSA) is 61.6 Å². The van der Waals surface area contributed by atoms with E-state index in [1.54, 1.807) is 12.1 Å². The molecule has 1 aromatic heterocycles. The predicted octanol–water partition coefficient (Wildman–Crippen LogP) is 4.84. The van der Waals surface area contributed by atoms with E-state index in [0.29, 0.717) is 35.2 Å². The van der Waals surface area contributed by atoms with Crippen LogP contribution in [0.4, 0.5) is 10.2 Å². The Balaban J connectivity index is 1.87. The fourth-order valence-electron chi connectivity index (χ4n) is 2.66. The number of benzene rings is 2. The summed E-state index contributed by atoms with van der Waals surface area (Å²) in [6, 6.07) is 16.6. The second kappa shape index (κ2) is 8.65. The maximum Gasteiger partial charge on any atom is 0.189 e. The maximum absolute atomic E-state index is 13.0. The van der Waals surface area contributed by atoms with Crippen molar-refractivity contribution in [2.24, 2.45) is 0 Å². The number of thioether (sulfide) groups is 1. The first-order valence-corrected chi connectivity index (χ1v) is 9.74. The molecular weight excluding hydrogens is 359 g/mol. The molecule has 0 aliphatic carbocycles. The fourth-order valence-corrected chi connectivity index (χ4v) is 3.03. The Labute approximate surface area is 162 Å². The van der Waals surface area contributed by atoms with E-state index in [1.165, 1.54) is 23.9 Å². The molecule has 6 heteroatoms. The number of nitrogens with zero attached hydrogens (tertiary/aromatic N) is 3. The van der Waals surface area contributed by atoms with Gasteiger partial charge in [0.2, 0.25) is 0 Å². The van der Waals surface area contributed by atoms with Crippen molar-refractivity contribution in [2.45, 2.75) is 18.5 Å². The van der Waals surface area contributed by atoms with E-state index in [9.17, 15) is 9.65 Å². The van der Waals surface area contributed by atoms with Crippen LogP contribution in [-0.4, -0.2) is 22.8 Å². The molecule has 4 nitrogen and oxygen atoms in total. The number of halogens is 1. The number of hydrogen-bond acceptors (Lipinski definition) is 5. The van der Waals surface area contributed by atoms with E-state index in [0.717, 1.165) is 16.7 Å². The molecule has 0 fully saturated rings. The Morgan fingerprint density at radius 3 is 2.41 bits per heavy atom. The number of nitrogens with one attached hydrogen (secondary N) is 1. The van der Waals surface area contributed by atoms with Gasteiger partial charge in [0.25, 0.3) is 0 Å². The minimum absolute atomic E-state index is 0.248. The molecule has 0 spiro atoms. The zero-order valence-corrected chi connectivity index (χ0v) is 16.0. The summed E-state index contributed by atoms with van der Waals surface area (Å²) in [6.45, 7) is 2.60. The van der Waals surface area contributed by atoms with Gasteiger partial charge in [-0.05, 0) is 37.3 Å². The maximum atomic E-state index is 13.0. The molecule has 0 amide bonds. The third-order valence-corrected chi connectivity index (χ3v) is 4.67. The monoisotopic (exact) mass is 378 g/mol. The van der Waals surface area contributed by atoms with Gasteiger partial charge in [0.05, 0.1) is 5.69 Å². The van der Waals surface area contributed by atoms with Crippen molar-refractivity contribution in [3.8, 4) is 17.3 Å². The summed E-state index contributed by atoms with van der Waals surface area (Å²) in [5, 5.41) is 13.6. The summed E-state index contributed by atoms with van der Waals surface area (Å²) in [6.07, 6.45) is 2.60. The highest BCUT2D eigenvalue weighted by Crippen LogP contribution is 2.28. The van der Waals surface area contributed by atoms with E-state index < -0.39 is 0 Å². The van der Waals surface area contributed by atoms with Crippen LogP contribution in [0.1, 0.15) is 16.7 Å². The van der Waals surface area contributed by atoms with Gasteiger partial charge < -0.3 is 5.32 Å². The lowest BCUT2D eigenvalue weighted by molar-refractivity contribution is 0.627. The fraction of sp³-hybridized carbons (Fsp3) is 0.190. The van der Waals surface area contributed by atoms with E-state index in [2.05, 4.69) is 21.4 Å². The van der Waals surface area contributed by atoms with Crippen LogP contribution in [-0.2, 0) is 6.42 Å². The molecule has 3 aromatic rings. The molecule has 0 bridgehead atoms. The molecule has 136 valence electrons. The average Bonchev–Trinajstić information content (AvgIpc) is 2.69. The number of rotatable bonds is 6. The lowest BCUT2D eigenvalue weighted by atomic mass is 10.1. The molecule has 1 N–H and O–H groups in total. The van der Waals surface area contributed by atoms with E-state index in [-0.39, 0.29) is 5.82 Å². The lowest BCUT2D eigenvalue weighted by Crippen LogP contribution is -2.10. The van der Waals surface area contributed by atoms with Crippen molar-refractivity contribution in [1.29, 1.82) is 5.26 Å². The van der Waals surface area contributed by atoms with Crippen molar-refractivity contribution in [2.75, 3.05) is 18.1 Å². The molecule has 0 unspecified atom stereocenters. The Morgan fingerprint density at radius 2 is 1.78 bits per heavy atom. The second-order valence-corrected chi connectivity index (χ2v) is 6.84. The van der Waals surface area contributed by atoms with Gasteiger partial charge in [0.1, 0.15) is 23.3 Å². The van der Waals surface area contributed by atoms with Gasteiger partial charge in [-0.2, -0.15) is 5.26 Å². The van der Waals surface area contributed by atoms with Crippen molar-refractivity contribution < 1.29 is 4.39 Å². The van der Waals surface area contributed by atoms with Gasteiger partial charge in [0.15, 0.2) is 5.16 Å². The summed E-state index contributed by atoms with van der Waals surface area (Å²) in [5.74, 6) is 0.274. The van der Waals surface area contributed by atoms with Crippen LogP contribution in [0.2, 0.25) is 0 Å². The summed E-state index contributed by atoms with van der Waals surface area (Å²) >= 11 is 1.43. The van der Waals surface area contributed by atoms with Crippen LogP contribution in [0.15, 0.2) is 53.7 Å². The number of anilines is 1. The lowest BCUT2D eigenvalue weighted by Gasteiger charge is -2.12. The molecule has 3 rings (SSSR count). The van der Waals surface area contributed by atoms with Crippen LogP contribution in [0.25, 0.3) is 11.3 Å². The molecule has 0 saturated carbocycles. The van der Waals surface area contributed by atoms with Crippen LogP contribution in [0, 0.1) is 24.1 Å². The molecule has 0 radical (unpaired) electrons. The summed E-state index contributed by atoms with van der Waals surface area (Å²) < 4.78 is 13.0. The predicted molar refractivity (Wildman–Crippen MR) is 107 cm³/mol. The van der Waals surface area contributed by atoms with E-state index in [4.69, 9.17) is 0 Å². The number of aryl methyl sites for hydroxylation is 1. The zero-order chi connectivity index (χ0) is 19.2. The van der Waals surface area contributed by atoms with Crippen LogP contribution in [0.5, 0.6) is 0 Å². The van der Waals surface area contributed by atoms with Crippen LogP contribution >= 0.6 is 11.8 Å². The van der Waals surface area contributed by atoms with Gasteiger partial charge in [-0.1, -0.05) is 53.7 Å². The molecule has 27 heavy (non-hydrogen) atoms. The van der Waals surface area contributed by atoms with Gasteiger partial charge in [-0.3, -0.25) is 0 Å². The largest absolute Gasteiger partial charge is 0.368 e. The first-order chi connectivity index (χ1) is 13.1. The van der Waals surface area contributed by atoms with Gasteiger partial charge in [-0.15, -0.1) is 0 Å². The Bertz CT molecular complexity index is 963. The first-order valence-electron chi connectivity index (χ1n) is 8.52. The molecule has 0 atom stereocenters. The normalized spacial score (nSPS) is 10.4. The Hall–Kier alpha value is -2.91. The number of hydrogen-bond donors (Lipinski definition) is 1. The standard InChI is InChI=1S/C21H19FN4S/c1-14-3-7-16(8-4-14)19-18(13-23)20(26-21(25-19)27-2)24-12-11-15-5-9-17(22)10-6-15/h3-10H,11-12H2,1-2H3,(H,24,25,26). The summed E-state index contributed by atoms with van der Waals surface area (Å²) in [4.78, 5) is 9.02. The molecule has 0 aliphatic heterocycles. The second-order valence-electron chi connectivity index (χ2n) is 6.06. The zero-order valence-electron chi connectivity index (χ0n) is 15.2. The van der Waals surface area contributed by atoms with Gasteiger partial charge >= 0.3 is 0 Å².